The van der Waals surface area contributed by atoms with Crippen molar-refractivity contribution in [3.63, 3.8) is 0 Å². The zero-order valence-electron chi connectivity index (χ0n) is 16.5. The van der Waals surface area contributed by atoms with Gasteiger partial charge in [0.2, 0.25) is 0 Å². The van der Waals surface area contributed by atoms with Gasteiger partial charge in [-0.1, -0.05) is 23.4 Å². The summed E-state index contributed by atoms with van der Waals surface area (Å²) in [6.45, 7) is 0. The first-order valence-electron chi connectivity index (χ1n) is 9.39. The number of hydrogen-bond acceptors (Lipinski definition) is 4. The third kappa shape index (κ3) is 5.47. The molecule has 11 heteroatoms. The molecule has 0 aliphatic carbocycles. The molecule has 0 bridgehead atoms. The lowest BCUT2D eigenvalue weighted by Crippen LogP contribution is -2.19. The number of anilines is 2. The van der Waals surface area contributed by atoms with Crippen molar-refractivity contribution in [1.82, 2.24) is 9.97 Å². The summed E-state index contributed by atoms with van der Waals surface area (Å²) in [7, 11) is 0. The molecule has 3 aromatic carbocycles. The Morgan fingerprint density at radius 2 is 1.61 bits per heavy atom. The number of alkyl halides is 3. The molecule has 0 saturated carbocycles. The van der Waals surface area contributed by atoms with Crippen LogP contribution in [0.2, 0.25) is 5.02 Å². The molecule has 0 unspecified atom stereocenters. The van der Waals surface area contributed by atoms with E-state index >= 15 is 0 Å². The van der Waals surface area contributed by atoms with Crippen LogP contribution in [-0.4, -0.2) is 16.0 Å². The summed E-state index contributed by atoms with van der Waals surface area (Å²) < 4.78 is 38.9. The highest BCUT2D eigenvalue weighted by Crippen LogP contribution is 2.36. The molecule has 0 radical (unpaired) electrons. The van der Waals surface area contributed by atoms with Crippen molar-refractivity contribution in [2.75, 3.05) is 10.6 Å². The van der Waals surface area contributed by atoms with Crippen molar-refractivity contribution in [3.05, 3.63) is 87.9 Å². The Morgan fingerprint density at radius 1 is 0.939 bits per heavy atom. The number of nitrogens with zero attached hydrogens (tertiary/aromatic N) is 1. The number of rotatable bonds is 4. The van der Waals surface area contributed by atoms with E-state index in [1.54, 1.807) is 36.4 Å². The Labute approximate surface area is 194 Å². The fraction of sp³-hybridized carbons (Fsp3) is 0.0455. The van der Waals surface area contributed by atoms with Crippen LogP contribution < -0.4 is 16.2 Å². The molecule has 0 aliphatic rings. The molecule has 4 aromatic rings. The van der Waals surface area contributed by atoms with Gasteiger partial charge in [0.1, 0.15) is 0 Å². The van der Waals surface area contributed by atoms with Gasteiger partial charge in [-0.15, -0.1) is 0 Å². The van der Waals surface area contributed by atoms with E-state index in [2.05, 4.69) is 20.6 Å². The maximum atomic E-state index is 13.0. The summed E-state index contributed by atoms with van der Waals surface area (Å²) in [6.07, 6.45) is -3.28. The predicted molar refractivity (Wildman–Crippen MR) is 122 cm³/mol. The van der Waals surface area contributed by atoms with Gasteiger partial charge in [-0.25, -0.2) is 9.78 Å². The fourth-order valence-corrected chi connectivity index (χ4v) is 4.04. The van der Waals surface area contributed by atoms with Gasteiger partial charge in [0.05, 0.1) is 27.8 Å². The van der Waals surface area contributed by atoms with Gasteiger partial charge in [-0.3, -0.25) is 4.79 Å². The summed E-state index contributed by atoms with van der Waals surface area (Å²) >= 11 is 7.03. The maximum absolute atomic E-state index is 13.0. The number of aromatic amines is 1. The highest BCUT2D eigenvalue weighted by molar-refractivity contribution is 7.99. The van der Waals surface area contributed by atoms with Gasteiger partial charge in [0.15, 0.2) is 0 Å². The molecule has 0 atom stereocenters. The highest BCUT2D eigenvalue weighted by Gasteiger charge is 2.33. The standard InChI is InChI=1S/C22H14ClF3N4O2S/c23-18-8-3-13(9-17(18)22(24,25)26)30-21(32)29-12-1-4-14(5-2-12)33-15-6-7-16-19(10-15)27-11-28-20(16)31/h1-11H,(H,27,28,31)(H2,29,30,32). The Kier molecular flexibility index (Phi) is 6.30. The Morgan fingerprint density at radius 3 is 2.33 bits per heavy atom. The third-order valence-electron chi connectivity index (χ3n) is 4.49. The van der Waals surface area contributed by atoms with Crippen LogP contribution in [0.4, 0.5) is 29.3 Å². The average Bonchev–Trinajstić information content (AvgIpc) is 2.76. The first kappa shape index (κ1) is 22.7. The van der Waals surface area contributed by atoms with Crippen LogP contribution in [0.25, 0.3) is 10.9 Å². The Bertz CT molecular complexity index is 1390. The number of nitrogens with one attached hydrogen (secondary N) is 3. The number of carbonyl (C=O) groups excluding carboxylic acids is 1. The lowest BCUT2D eigenvalue weighted by atomic mass is 10.2. The number of halogens is 4. The smallest absolute Gasteiger partial charge is 0.313 e. The van der Waals surface area contributed by atoms with Crippen LogP contribution in [0.3, 0.4) is 0 Å². The first-order chi connectivity index (χ1) is 15.7. The maximum Gasteiger partial charge on any atom is 0.417 e. The number of amides is 2. The van der Waals surface area contributed by atoms with Gasteiger partial charge in [-0.2, -0.15) is 13.2 Å². The lowest BCUT2D eigenvalue weighted by Gasteiger charge is -2.12. The second-order valence-electron chi connectivity index (χ2n) is 6.81. The second kappa shape index (κ2) is 9.16. The number of urea groups is 1. The van der Waals surface area contributed by atoms with Crippen molar-refractivity contribution >= 4 is 51.7 Å². The monoisotopic (exact) mass is 490 g/mol. The quantitative estimate of drug-likeness (QED) is 0.309. The van der Waals surface area contributed by atoms with Crippen LogP contribution in [0.15, 0.2) is 81.6 Å². The zero-order chi connectivity index (χ0) is 23.6. The van der Waals surface area contributed by atoms with E-state index in [1.807, 2.05) is 6.07 Å². The highest BCUT2D eigenvalue weighted by atomic mass is 35.5. The summed E-state index contributed by atoms with van der Waals surface area (Å²) in [5, 5.41) is 4.97. The number of hydrogen-bond donors (Lipinski definition) is 3. The van der Waals surface area contributed by atoms with Crippen LogP contribution in [-0.2, 0) is 6.18 Å². The van der Waals surface area contributed by atoms with Crippen molar-refractivity contribution in [2.45, 2.75) is 16.0 Å². The fourth-order valence-electron chi connectivity index (χ4n) is 2.97. The van der Waals surface area contributed by atoms with E-state index in [1.165, 1.54) is 24.2 Å². The molecule has 2 amide bonds. The zero-order valence-corrected chi connectivity index (χ0v) is 18.1. The van der Waals surface area contributed by atoms with Gasteiger partial charge in [-0.05, 0) is 60.7 Å². The second-order valence-corrected chi connectivity index (χ2v) is 8.36. The minimum absolute atomic E-state index is 0.0415. The van der Waals surface area contributed by atoms with Crippen molar-refractivity contribution < 1.29 is 18.0 Å². The molecule has 0 aliphatic heterocycles. The minimum atomic E-state index is -4.63. The van der Waals surface area contributed by atoms with E-state index in [-0.39, 0.29) is 11.2 Å². The number of aromatic nitrogens is 2. The van der Waals surface area contributed by atoms with Crippen molar-refractivity contribution in [2.24, 2.45) is 0 Å². The van der Waals surface area contributed by atoms with Crippen molar-refractivity contribution in [3.8, 4) is 0 Å². The number of fused-ring (bicyclic) bond motifs is 1. The normalized spacial score (nSPS) is 11.4. The molecule has 3 N–H and O–H groups in total. The number of H-pyrrole nitrogens is 1. The molecular formula is C22H14ClF3N4O2S. The average molecular weight is 491 g/mol. The molecule has 33 heavy (non-hydrogen) atoms. The van der Waals surface area contributed by atoms with E-state index in [0.29, 0.717) is 16.6 Å². The summed E-state index contributed by atoms with van der Waals surface area (Å²) in [5.74, 6) is 0. The topological polar surface area (TPSA) is 86.9 Å². The van der Waals surface area contributed by atoms with Gasteiger partial charge >= 0.3 is 12.2 Å². The molecule has 0 fully saturated rings. The van der Waals surface area contributed by atoms with Crippen molar-refractivity contribution in [1.29, 1.82) is 0 Å². The number of carbonyl (C=O) groups is 1. The van der Waals surface area contributed by atoms with Crippen LogP contribution >= 0.6 is 23.4 Å². The summed E-state index contributed by atoms with van der Waals surface area (Å²) in [4.78, 5) is 32.4. The summed E-state index contributed by atoms with van der Waals surface area (Å²) in [5.41, 5.74) is -0.251. The number of benzene rings is 3. The molecule has 168 valence electrons. The SMILES string of the molecule is O=C(Nc1ccc(Sc2ccc3c(=O)[nH]cnc3c2)cc1)Nc1ccc(Cl)c(C(F)(F)F)c1. The van der Waals surface area contributed by atoms with E-state index < -0.39 is 22.8 Å². The first-order valence-corrected chi connectivity index (χ1v) is 10.6. The van der Waals surface area contributed by atoms with Gasteiger partial charge in [0.25, 0.3) is 5.56 Å². The van der Waals surface area contributed by atoms with Crippen LogP contribution in [0, 0.1) is 0 Å². The molecular weight excluding hydrogens is 477 g/mol. The van der Waals surface area contributed by atoms with E-state index in [4.69, 9.17) is 11.6 Å². The molecule has 6 nitrogen and oxygen atoms in total. The lowest BCUT2D eigenvalue weighted by molar-refractivity contribution is -0.137. The van der Waals surface area contributed by atoms with Crippen LogP contribution in [0.5, 0.6) is 0 Å². The Balaban J connectivity index is 1.41. The molecule has 0 spiro atoms. The summed E-state index contributed by atoms with van der Waals surface area (Å²) in [6, 6.07) is 14.6. The molecule has 1 aromatic heterocycles. The minimum Gasteiger partial charge on any atom is -0.313 e. The van der Waals surface area contributed by atoms with Gasteiger partial charge < -0.3 is 15.6 Å². The van der Waals surface area contributed by atoms with E-state index in [9.17, 15) is 22.8 Å². The largest absolute Gasteiger partial charge is 0.417 e. The van der Waals surface area contributed by atoms with Gasteiger partial charge in [0, 0.05) is 21.2 Å². The predicted octanol–water partition coefficient (Wildman–Crippen LogP) is 6.39. The van der Waals surface area contributed by atoms with E-state index in [0.717, 1.165) is 21.9 Å². The molecule has 4 rings (SSSR count). The molecule has 0 saturated heterocycles. The third-order valence-corrected chi connectivity index (χ3v) is 5.82. The molecule has 1 heterocycles. The Hall–Kier alpha value is -3.50. The van der Waals surface area contributed by atoms with Crippen LogP contribution in [0.1, 0.15) is 5.56 Å².